The Kier molecular flexibility index (Phi) is 5.28. The van der Waals surface area contributed by atoms with Crippen molar-refractivity contribution in [2.24, 2.45) is 5.73 Å². The van der Waals surface area contributed by atoms with Crippen LogP contribution in [0, 0.1) is 0 Å². The van der Waals surface area contributed by atoms with Crippen molar-refractivity contribution >= 4 is 23.4 Å². The zero-order valence-corrected chi connectivity index (χ0v) is 9.07. The van der Waals surface area contributed by atoms with Crippen molar-refractivity contribution in [1.29, 1.82) is 0 Å². The Hall–Kier alpha value is -0.180. The predicted octanol–water partition coefficient (Wildman–Crippen LogP) is 2.92. The standard InChI is InChI=1S/C10H14ClNS/c11-10-4-2-9(3-5-10)8-13-7-1-6-12/h2-5H,1,6-8,12H2. The van der Waals surface area contributed by atoms with Gasteiger partial charge in [-0.2, -0.15) is 11.8 Å². The van der Waals surface area contributed by atoms with E-state index in [4.69, 9.17) is 17.3 Å². The van der Waals surface area contributed by atoms with Gasteiger partial charge in [0.25, 0.3) is 0 Å². The average molecular weight is 216 g/mol. The number of halogens is 1. The number of hydrogen-bond acceptors (Lipinski definition) is 2. The number of benzene rings is 1. The van der Waals surface area contributed by atoms with E-state index in [1.807, 2.05) is 23.9 Å². The third-order valence-electron chi connectivity index (χ3n) is 1.67. The number of thioether (sulfide) groups is 1. The fourth-order valence-corrected chi connectivity index (χ4v) is 2.03. The summed E-state index contributed by atoms with van der Waals surface area (Å²) in [6, 6.07) is 8.00. The lowest BCUT2D eigenvalue weighted by atomic mass is 10.2. The molecule has 0 amide bonds. The maximum Gasteiger partial charge on any atom is 0.0406 e. The van der Waals surface area contributed by atoms with Crippen LogP contribution in [-0.4, -0.2) is 12.3 Å². The van der Waals surface area contributed by atoms with Crippen molar-refractivity contribution < 1.29 is 0 Å². The highest BCUT2D eigenvalue weighted by Crippen LogP contribution is 2.15. The van der Waals surface area contributed by atoms with E-state index in [1.54, 1.807) is 0 Å². The highest BCUT2D eigenvalue weighted by Gasteiger charge is 1.93. The molecular formula is C10H14ClNS. The van der Waals surface area contributed by atoms with Gasteiger partial charge >= 0.3 is 0 Å². The Bertz CT molecular complexity index is 235. The van der Waals surface area contributed by atoms with Gasteiger partial charge in [0.2, 0.25) is 0 Å². The quantitative estimate of drug-likeness (QED) is 0.765. The van der Waals surface area contributed by atoms with E-state index in [1.165, 1.54) is 5.56 Å². The van der Waals surface area contributed by atoms with Gasteiger partial charge in [-0.3, -0.25) is 0 Å². The van der Waals surface area contributed by atoms with Crippen molar-refractivity contribution in [3.05, 3.63) is 34.9 Å². The van der Waals surface area contributed by atoms with E-state index < -0.39 is 0 Å². The fourth-order valence-electron chi connectivity index (χ4n) is 0.956. The molecule has 0 saturated heterocycles. The molecule has 0 bridgehead atoms. The lowest BCUT2D eigenvalue weighted by Crippen LogP contribution is -1.99. The Morgan fingerprint density at radius 2 is 1.92 bits per heavy atom. The van der Waals surface area contributed by atoms with Gasteiger partial charge in [-0.25, -0.2) is 0 Å². The van der Waals surface area contributed by atoms with Crippen LogP contribution in [0.15, 0.2) is 24.3 Å². The van der Waals surface area contributed by atoms with Crippen molar-refractivity contribution in [3.63, 3.8) is 0 Å². The van der Waals surface area contributed by atoms with E-state index in [2.05, 4.69) is 12.1 Å². The maximum absolute atomic E-state index is 5.77. The van der Waals surface area contributed by atoms with Crippen molar-refractivity contribution in [1.82, 2.24) is 0 Å². The zero-order valence-electron chi connectivity index (χ0n) is 7.50. The predicted molar refractivity (Wildman–Crippen MR) is 61.3 cm³/mol. The fraction of sp³-hybridized carbons (Fsp3) is 0.400. The molecule has 2 N–H and O–H groups in total. The molecule has 0 spiro atoms. The second-order valence-corrected chi connectivity index (χ2v) is 4.36. The first-order valence-electron chi connectivity index (χ1n) is 4.35. The van der Waals surface area contributed by atoms with Gasteiger partial charge in [-0.15, -0.1) is 0 Å². The van der Waals surface area contributed by atoms with Crippen molar-refractivity contribution in [2.45, 2.75) is 12.2 Å². The normalized spacial score (nSPS) is 10.3. The van der Waals surface area contributed by atoms with Crippen LogP contribution < -0.4 is 5.73 Å². The SMILES string of the molecule is NCCCSCc1ccc(Cl)cc1. The molecule has 0 fully saturated rings. The minimum Gasteiger partial charge on any atom is -0.330 e. The molecule has 1 aromatic rings. The molecule has 0 unspecified atom stereocenters. The third kappa shape index (κ3) is 4.55. The first-order chi connectivity index (χ1) is 6.33. The summed E-state index contributed by atoms with van der Waals surface area (Å²) in [6.07, 6.45) is 1.10. The van der Waals surface area contributed by atoms with Gasteiger partial charge in [0.05, 0.1) is 0 Å². The van der Waals surface area contributed by atoms with Gasteiger partial charge in [-0.1, -0.05) is 23.7 Å². The van der Waals surface area contributed by atoms with Crippen LogP contribution >= 0.6 is 23.4 Å². The van der Waals surface area contributed by atoms with Gasteiger partial charge in [0.15, 0.2) is 0 Å². The molecule has 1 nitrogen and oxygen atoms in total. The number of nitrogens with two attached hydrogens (primary N) is 1. The molecule has 1 aromatic carbocycles. The minimum atomic E-state index is 0.785. The summed E-state index contributed by atoms with van der Waals surface area (Å²) in [5, 5.41) is 0.802. The molecule has 0 radical (unpaired) electrons. The molecular weight excluding hydrogens is 202 g/mol. The van der Waals surface area contributed by atoms with Crippen LogP contribution in [0.5, 0.6) is 0 Å². The molecule has 3 heteroatoms. The van der Waals surface area contributed by atoms with E-state index in [0.29, 0.717) is 0 Å². The average Bonchev–Trinajstić information content (AvgIpc) is 2.15. The highest BCUT2D eigenvalue weighted by molar-refractivity contribution is 7.98. The van der Waals surface area contributed by atoms with Gasteiger partial charge in [-0.05, 0) is 36.4 Å². The van der Waals surface area contributed by atoms with Crippen LogP contribution in [-0.2, 0) is 5.75 Å². The summed E-state index contributed by atoms with van der Waals surface area (Å²) in [5.41, 5.74) is 6.72. The van der Waals surface area contributed by atoms with Crippen LogP contribution in [0.2, 0.25) is 5.02 Å². The highest BCUT2D eigenvalue weighted by atomic mass is 35.5. The van der Waals surface area contributed by atoms with Crippen LogP contribution in [0.25, 0.3) is 0 Å². The van der Waals surface area contributed by atoms with Gasteiger partial charge in [0, 0.05) is 10.8 Å². The monoisotopic (exact) mass is 215 g/mol. The van der Waals surface area contributed by atoms with Gasteiger partial charge < -0.3 is 5.73 Å². The summed E-state index contributed by atoms with van der Waals surface area (Å²) in [5.74, 6) is 2.19. The molecule has 0 aliphatic heterocycles. The molecule has 1 rings (SSSR count). The zero-order chi connectivity index (χ0) is 9.52. The van der Waals surface area contributed by atoms with Gasteiger partial charge in [0.1, 0.15) is 0 Å². The molecule has 0 aromatic heterocycles. The summed E-state index contributed by atoms with van der Waals surface area (Å²) >= 11 is 7.69. The Morgan fingerprint density at radius 1 is 1.23 bits per heavy atom. The first kappa shape index (κ1) is 10.9. The summed E-state index contributed by atoms with van der Waals surface area (Å²) in [6.45, 7) is 0.785. The van der Waals surface area contributed by atoms with E-state index in [-0.39, 0.29) is 0 Å². The molecule has 0 aliphatic rings. The smallest absolute Gasteiger partial charge is 0.0406 e. The Morgan fingerprint density at radius 3 is 2.54 bits per heavy atom. The van der Waals surface area contributed by atoms with Crippen molar-refractivity contribution in [2.75, 3.05) is 12.3 Å². The Labute approximate surface area is 88.7 Å². The van der Waals surface area contributed by atoms with Crippen LogP contribution in [0.3, 0.4) is 0 Å². The summed E-state index contributed by atoms with van der Waals surface area (Å²) in [7, 11) is 0. The molecule has 13 heavy (non-hydrogen) atoms. The largest absolute Gasteiger partial charge is 0.330 e. The lowest BCUT2D eigenvalue weighted by molar-refractivity contribution is 0.943. The van der Waals surface area contributed by atoms with Crippen LogP contribution in [0.4, 0.5) is 0 Å². The summed E-state index contributed by atoms with van der Waals surface area (Å²) < 4.78 is 0. The topological polar surface area (TPSA) is 26.0 Å². The third-order valence-corrected chi connectivity index (χ3v) is 3.04. The minimum absolute atomic E-state index is 0.785. The molecule has 0 heterocycles. The Balaban J connectivity index is 2.25. The van der Waals surface area contributed by atoms with Crippen molar-refractivity contribution in [3.8, 4) is 0 Å². The second-order valence-electron chi connectivity index (χ2n) is 2.82. The van der Waals surface area contributed by atoms with Crippen LogP contribution in [0.1, 0.15) is 12.0 Å². The molecule has 0 atom stereocenters. The number of rotatable bonds is 5. The van der Waals surface area contributed by atoms with E-state index in [9.17, 15) is 0 Å². The molecule has 0 saturated carbocycles. The second kappa shape index (κ2) is 6.30. The summed E-state index contributed by atoms with van der Waals surface area (Å²) in [4.78, 5) is 0. The molecule has 72 valence electrons. The first-order valence-corrected chi connectivity index (χ1v) is 5.88. The molecule has 0 aliphatic carbocycles. The van der Waals surface area contributed by atoms with E-state index >= 15 is 0 Å². The lowest BCUT2D eigenvalue weighted by Gasteiger charge is -2.00. The maximum atomic E-state index is 5.77. The van der Waals surface area contributed by atoms with E-state index in [0.717, 1.165) is 29.5 Å². The number of hydrogen-bond donors (Lipinski definition) is 1.